The molecule has 170 valence electrons. The van der Waals surface area contributed by atoms with Crippen molar-refractivity contribution < 1.29 is 23.1 Å². The van der Waals surface area contributed by atoms with Gasteiger partial charge in [-0.15, -0.1) is 0 Å². The van der Waals surface area contributed by atoms with Crippen LogP contribution in [0.5, 0.6) is 0 Å². The van der Waals surface area contributed by atoms with E-state index >= 15 is 4.39 Å². The standard InChI is InChI=1S/C23H19ClF2N4O3/c24-15-6-7-16-19(20(15)26)23(33-22(32)29-16)8-1-9-30(12-23)21(31)17-11-27-18(28-17)10-13-2-4-14(25)5-3-13/h2-7,11H,1,8-10,12H2,(H,27,28)(H,29,32)/t23-/m0/s1. The summed E-state index contributed by atoms with van der Waals surface area (Å²) < 4.78 is 33.7. The molecule has 7 nitrogen and oxygen atoms in total. The zero-order valence-electron chi connectivity index (χ0n) is 17.3. The molecule has 1 aromatic heterocycles. The van der Waals surface area contributed by atoms with Crippen molar-refractivity contribution in [1.29, 1.82) is 0 Å². The van der Waals surface area contributed by atoms with Gasteiger partial charge in [0, 0.05) is 13.0 Å². The summed E-state index contributed by atoms with van der Waals surface area (Å²) in [7, 11) is 0. The Kier molecular flexibility index (Phi) is 5.28. The number of hydrogen-bond acceptors (Lipinski definition) is 4. The Labute approximate surface area is 192 Å². The second-order valence-electron chi connectivity index (χ2n) is 8.17. The van der Waals surface area contributed by atoms with Crippen molar-refractivity contribution in [2.75, 3.05) is 18.4 Å². The molecule has 1 spiro atoms. The number of anilines is 1. The minimum atomic E-state index is -1.34. The van der Waals surface area contributed by atoms with Gasteiger partial charge in [-0.2, -0.15) is 0 Å². The van der Waals surface area contributed by atoms with Crippen LogP contribution >= 0.6 is 11.6 Å². The third kappa shape index (κ3) is 3.93. The first-order chi connectivity index (χ1) is 15.8. The van der Waals surface area contributed by atoms with Gasteiger partial charge in [-0.3, -0.25) is 10.1 Å². The lowest BCUT2D eigenvalue weighted by atomic mass is 9.83. The van der Waals surface area contributed by atoms with Gasteiger partial charge < -0.3 is 14.6 Å². The first-order valence-corrected chi connectivity index (χ1v) is 10.8. The Hall–Kier alpha value is -3.46. The number of aromatic nitrogens is 2. The molecule has 0 saturated carbocycles. The fourth-order valence-corrected chi connectivity index (χ4v) is 4.63. The number of carbonyl (C=O) groups is 2. The molecule has 0 radical (unpaired) electrons. The summed E-state index contributed by atoms with van der Waals surface area (Å²) in [5, 5.41) is 2.41. The van der Waals surface area contributed by atoms with Gasteiger partial charge in [0.05, 0.1) is 29.0 Å². The van der Waals surface area contributed by atoms with Crippen molar-refractivity contribution in [3.8, 4) is 0 Å². The number of rotatable bonds is 3. The zero-order valence-corrected chi connectivity index (χ0v) is 18.1. The molecule has 2 N–H and O–H groups in total. The number of fused-ring (bicyclic) bond motifs is 2. The molecular weight excluding hydrogens is 454 g/mol. The predicted octanol–water partition coefficient (Wildman–Crippen LogP) is 4.63. The summed E-state index contributed by atoms with van der Waals surface area (Å²) in [5.41, 5.74) is 0.195. The van der Waals surface area contributed by atoms with E-state index in [9.17, 15) is 14.0 Å². The molecule has 2 aromatic carbocycles. The van der Waals surface area contributed by atoms with E-state index in [1.807, 2.05) is 0 Å². The number of halogens is 3. The highest BCUT2D eigenvalue weighted by molar-refractivity contribution is 6.31. The van der Waals surface area contributed by atoms with Crippen molar-refractivity contribution in [2.24, 2.45) is 0 Å². The first-order valence-electron chi connectivity index (χ1n) is 10.4. The summed E-state index contributed by atoms with van der Waals surface area (Å²) in [4.78, 5) is 34.2. The van der Waals surface area contributed by atoms with Crippen LogP contribution in [0.2, 0.25) is 5.02 Å². The average Bonchev–Trinajstić information content (AvgIpc) is 3.25. The van der Waals surface area contributed by atoms with E-state index in [1.165, 1.54) is 35.4 Å². The Bertz CT molecular complexity index is 1250. The number of carbonyl (C=O) groups excluding carboxylic acids is 2. The van der Waals surface area contributed by atoms with Crippen LogP contribution in [0, 0.1) is 11.6 Å². The second kappa shape index (κ2) is 8.15. The lowest BCUT2D eigenvalue weighted by Crippen LogP contribution is -2.53. The van der Waals surface area contributed by atoms with Crippen molar-refractivity contribution in [2.45, 2.75) is 24.9 Å². The van der Waals surface area contributed by atoms with Crippen molar-refractivity contribution in [3.63, 3.8) is 0 Å². The molecular formula is C23H19ClF2N4O3. The number of amides is 2. The van der Waals surface area contributed by atoms with E-state index in [2.05, 4.69) is 15.3 Å². The van der Waals surface area contributed by atoms with Gasteiger partial charge >= 0.3 is 6.09 Å². The number of ether oxygens (including phenoxy) is 1. The Morgan fingerprint density at radius 3 is 2.79 bits per heavy atom. The van der Waals surface area contributed by atoms with E-state index in [0.717, 1.165) is 5.56 Å². The maximum Gasteiger partial charge on any atom is 0.412 e. The van der Waals surface area contributed by atoms with E-state index in [-0.39, 0.29) is 40.2 Å². The van der Waals surface area contributed by atoms with Gasteiger partial charge in [0.2, 0.25) is 0 Å². The fraction of sp³-hybridized carbons (Fsp3) is 0.261. The lowest BCUT2D eigenvalue weighted by Gasteiger charge is -2.45. The SMILES string of the molecule is O=C1Nc2ccc(Cl)c(F)c2[C@@]2(CCCN(C(=O)c3cnc(Cc4ccc(F)cc4)[nH]3)C2)O1. The monoisotopic (exact) mass is 472 g/mol. The van der Waals surface area contributed by atoms with Gasteiger partial charge in [-0.1, -0.05) is 23.7 Å². The van der Waals surface area contributed by atoms with Gasteiger partial charge in [0.15, 0.2) is 11.4 Å². The third-order valence-electron chi connectivity index (χ3n) is 5.96. The van der Waals surface area contributed by atoms with E-state index in [1.54, 1.807) is 12.1 Å². The van der Waals surface area contributed by atoms with Crippen molar-refractivity contribution >= 4 is 29.3 Å². The number of nitrogens with one attached hydrogen (secondary N) is 2. The number of hydrogen-bond donors (Lipinski definition) is 2. The van der Waals surface area contributed by atoms with Crippen LogP contribution in [-0.2, 0) is 16.8 Å². The molecule has 0 bridgehead atoms. The van der Waals surface area contributed by atoms with E-state index < -0.39 is 17.5 Å². The summed E-state index contributed by atoms with van der Waals surface area (Å²) in [6, 6.07) is 8.92. The van der Waals surface area contributed by atoms with Crippen LogP contribution in [0.15, 0.2) is 42.6 Å². The molecule has 3 heterocycles. The smallest absolute Gasteiger partial charge is 0.412 e. The van der Waals surface area contributed by atoms with Crippen LogP contribution in [0.3, 0.4) is 0 Å². The summed E-state index contributed by atoms with van der Waals surface area (Å²) in [6.07, 6.45) is 1.98. The Morgan fingerprint density at radius 1 is 1.21 bits per heavy atom. The molecule has 33 heavy (non-hydrogen) atoms. The highest BCUT2D eigenvalue weighted by atomic mass is 35.5. The molecule has 5 rings (SSSR count). The number of imidazole rings is 1. The number of likely N-dealkylation sites (tertiary alicyclic amines) is 1. The van der Waals surface area contributed by atoms with Gasteiger partial charge in [-0.25, -0.2) is 18.6 Å². The maximum absolute atomic E-state index is 15.0. The maximum atomic E-state index is 15.0. The Balaban J connectivity index is 1.39. The fourth-order valence-electron chi connectivity index (χ4n) is 4.47. The summed E-state index contributed by atoms with van der Waals surface area (Å²) in [5.74, 6) is -0.795. The number of benzene rings is 2. The van der Waals surface area contributed by atoms with Crippen molar-refractivity contribution in [3.05, 3.63) is 81.9 Å². The minimum Gasteiger partial charge on any atom is -0.436 e. The molecule has 1 saturated heterocycles. The van der Waals surface area contributed by atoms with Crippen LogP contribution in [0.1, 0.15) is 40.3 Å². The number of nitrogens with zero attached hydrogens (tertiary/aromatic N) is 2. The molecule has 2 aliphatic rings. The molecule has 1 fully saturated rings. The molecule has 1 atom stereocenters. The molecule has 2 aliphatic heterocycles. The van der Waals surface area contributed by atoms with Crippen LogP contribution in [-0.4, -0.2) is 40.0 Å². The highest BCUT2D eigenvalue weighted by Gasteiger charge is 2.48. The quantitative estimate of drug-likeness (QED) is 0.582. The van der Waals surface area contributed by atoms with Gasteiger partial charge in [-0.05, 0) is 42.7 Å². The zero-order chi connectivity index (χ0) is 23.2. The lowest BCUT2D eigenvalue weighted by molar-refractivity contribution is -0.0419. The van der Waals surface area contributed by atoms with Crippen LogP contribution in [0.4, 0.5) is 19.3 Å². The predicted molar refractivity (Wildman–Crippen MR) is 116 cm³/mol. The van der Waals surface area contributed by atoms with E-state index in [0.29, 0.717) is 31.6 Å². The van der Waals surface area contributed by atoms with E-state index in [4.69, 9.17) is 16.3 Å². The second-order valence-corrected chi connectivity index (χ2v) is 8.58. The summed E-state index contributed by atoms with van der Waals surface area (Å²) in [6.45, 7) is 0.394. The molecule has 3 aromatic rings. The average molecular weight is 473 g/mol. The largest absolute Gasteiger partial charge is 0.436 e. The number of piperidine rings is 1. The van der Waals surface area contributed by atoms with Gasteiger partial charge in [0.25, 0.3) is 5.91 Å². The third-order valence-corrected chi connectivity index (χ3v) is 6.25. The molecule has 2 amide bonds. The normalized spacial score (nSPS) is 19.7. The molecule has 0 aliphatic carbocycles. The van der Waals surface area contributed by atoms with Crippen LogP contribution < -0.4 is 5.32 Å². The molecule has 0 unspecified atom stereocenters. The number of aromatic amines is 1. The Morgan fingerprint density at radius 2 is 2.00 bits per heavy atom. The van der Waals surface area contributed by atoms with Gasteiger partial charge in [0.1, 0.15) is 17.3 Å². The highest BCUT2D eigenvalue weighted by Crippen LogP contribution is 2.45. The summed E-state index contributed by atoms with van der Waals surface area (Å²) >= 11 is 6.00. The number of H-pyrrole nitrogens is 1. The first kappa shape index (κ1) is 21.4. The van der Waals surface area contributed by atoms with Crippen molar-refractivity contribution in [1.82, 2.24) is 14.9 Å². The molecule has 10 heteroatoms. The minimum absolute atomic E-state index is 0.0180. The van der Waals surface area contributed by atoms with Crippen LogP contribution in [0.25, 0.3) is 0 Å². The topological polar surface area (TPSA) is 87.3 Å².